The van der Waals surface area contributed by atoms with E-state index in [-0.39, 0.29) is 11.8 Å². The van der Waals surface area contributed by atoms with Crippen molar-refractivity contribution < 1.29 is 14.3 Å². The Morgan fingerprint density at radius 1 is 1.15 bits per heavy atom. The first kappa shape index (κ1) is 17.4. The van der Waals surface area contributed by atoms with Gasteiger partial charge in [0.15, 0.2) is 5.65 Å². The van der Waals surface area contributed by atoms with E-state index in [0.29, 0.717) is 32.1 Å². The van der Waals surface area contributed by atoms with Crippen molar-refractivity contribution in [2.75, 3.05) is 39.5 Å². The summed E-state index contributed by atoms with van der Waals surface area (Å²) >= 11 is 0. The number of hydrogen-bond donors (Lipinski definition) is 0. The molecule has 4 rings (SSSR count). The molecule has 0 N–H and O–H groups in total. The number of imidazole rings is 1. The maximum atomic E-state index is 12.8. The van der Waals surface area contributed by atoms with Gasteiger partial charge in [-0.15, -0.1) is 0 Å². The van der Waals surface area contributed by atoms with Crippen LogP contribution in [-0.4, -0.2) is 64.7 Å². The van der Waals surface area contributed by atoms with Crippen LogP contribution < -0.4 is 0 Å². The molecule has 2 aromatic rings. The second-order valence-corrected chi connectivity index (χ2v) is 7.32. The van der Waals surface area contributed by atoms with Crippen LogP contribution in [0.25, 0.3) is 5.65 Å². The molecule has 1 unspecified atom stereocenters. The highest BCUT2D eigenvalue weighted by atomic mass is 16.5. The van der Waals surface area contributed by atoms with Crippen LogP contribution in [0, 0.1) is 11.8 Å². The van der Waals surface area contributed by atoms with Crippen molar-refractivity contribution in [1.29, 1.82) is 0 Å². The van der Waals surface area contributed by atoms with Crippen LogP contribution in [-0.2, 0) is 20.7 Å². The number of aromatic nitrogens is 3. The molecule has 0 aliphatic carbocycles. The molecule has 2 saturated heterocycles. The number of hydrogen-bond acceptors (Lipinski definition) is 5. The zero-order valence-electron chi connectivity index (χ0n) is 15.0. The fraction of sp³-hybridized carbons (Fsp3) is 0.632. The van der Waals surface area contributed by atoms with E-state index in [1.54, 1.807) is 12.4 Å². The third-order valence-corrected chi connectivity index (χ3v) is 5.32. The van der Waals surface area contributed by atoms with E-state index in [1.165, 1.54) is 0 Å². The van der Waals surface area contributed by atoms with Gasteiger partial charge in [0.1, 0.15) is 0 Å². The molecular weight excluding hydrogens is 332 g/mol. The van der Waals surface area contributed by atoms with Gasteiger partial charge in [0.25, 0.3) is 0 Å². The number of rotatable bonds is 4. The number of ether oxygens (including phenoxy) is 2. The Bertz CT molecular complexity index is 741. The SMILES string of the molecule is O=C(CC1CCOCC1)N1CCOCC(Cc2cn3ccnc3cn2)C1. The number of nitrogens with zero attached hydrogens (tertiary/aromatic N) is 4. The second kappa shape index (κ2) is 8.14. The molecule has 2 fully saturated rings. The molecule has 7 heteroatoms. The number of fused-ring (bicyclic) bond motifs is 1. The lowest BCUT2D eigenvalue weighted by Crippen LogP contribution is -2.38. The molecule has 7 nitrogen and oxygen atoms in total. The van der Waals surface area contributed by atoms with Gasteiger partial charge in [-0.3, -0.25) is 9.78 Å². The average Bonchev–Trinajstić information content (AvgIpc) is 3.00. The number of carbonyl (C=O) groups excluding carboxylic acids is 1. The molecule has 0 radical (unpaired) electrons. The average molecular weight is 358 g/mol. The van der Waals surface area contributed by atoms with Crippen LogP contribution >= 0.6 is 0 Å². The lowest BCUT2D eigenvalue weighted by atomic mass is 9.95. The molecule has 1 amide bonds. The Labute approximate surface area is 153 Å². The van der Waals surface area contributed by atoms with Crippen LogP contribution in [0.2, 0.25) is 0 Å². The van der Waals surface area contributed by atoms with Gasteiger partial charge in [-0.2, -0.15) is 0 Å². The minimum Gasteiger partial charge on any atom is -0.381 e. The monoisotopic (exact) mass is 358 g/mol. The molecule has 140 valence electrons. The molecule has 1 atom stereocenters. The Morgan fingerprint density at radius 2 is 2.04 bits per heavy atom. The molecule has 0 spiro atoms. The summed E-state index contributed by atoms with van der Waals surface area (Å²) in [5.74, 6) is 0.985. The lowest BCUT2D eigenvalue weighted by Gasteiger charge is -2.27. The first-order valence-corrected chi connectivity index (χ1v) is 9.49. The van der Waals surface area contributed by atoms with Crippen molar-refractivity contribution in [3.8, 4) is 0 Å². The summed E-state index contributed by atoms with van der Waals surface area (Å²) in [5, 5.41) is 0. The largest absolute Gasteiger partial charge is 0.381 e. The third kappa shape index (κ3) is 4.22. The van der Waals surface area contributed by atoms with Crippen LogP contribution in [0.5, 0.6) is 0 Å². The van der Waals surface area contributed by atoms with Gasteiger partial charge in [0.2, 0.25) is 5.91 Å². The van der Waals surface area contributed by atoms with Gasteiger partial charge in [-0.1, -0.05) is 0 Å². The summed E-state index contributed by atoms with van der Waals surface area (Å²) in [6.07, 6.45) is 10.9. The highest BCUT2D eigenvalue weighted by Gasteiger charge is 2.26. The van der Waals surface area contributed by atoms with Gasteiger partial charge in [-0.05, 0) is 25.2 Å². The quantitative estimate of drug-likeness (QED) is 0.830. The van der Waals surface area contributed by atoms with E-state index in [0.717, 1.165) is 50.4 Å². The van der Waals surface area contributed by atoms with Crippen LogP contribution in [0.4, 0.5) is 0 Å². The normalized spacial score (nSPS) is 22.5. The van der Waals surface area contributed by atoms with E-state index >= 15 is 0 Å². The summed E-state index contributed by atoms with van der Waals surface area (Å²) in [4.78, 5) is 23.5. The molecule has 2 aliphatic heterocycles. The third-order valence-electron chi connectivity index (χ3n) is 5.32. The fourth-order valence-electron chi connectivity index (χ4n) is 3.83. The van der Waals surface area contributed by atoms with Crippen molar-refractivity contribution in [1.82, 2.24) is 19.3 Å². The second-order valence-electron chi connectivity index (χ2n) is 7.32. The first-order valence-electron chi connectivity index (χ1n) is 9.49. The molecule has 0 aromatic carbocycles. The molecular formula is C19H26N4O3. The summed E-state index contributed by atoms with van der Waals surface area (Å²) in [6.45, 7) is 4.28. The maximum Gasteiger partial charge on any atom is 0.222 e. The van der Waals surface area contributed by atoms with E-state index in [9.17, 15) is 4.79 Å². The summed E-state index contributed by atoms with van der Waals surface area (Å²) < 4.78 is 13.1. The van der Waals surface area contributed by atoms with Gasteiger partial charge in [-0.25, -0.2) is 4.98 Å². The Morgan fingerprint density at radius 3 is 2.92 bits per heavy atom. The van der Waals surface area contributed by atoms with Crippen LogP contribution in [0.3, 0.4) is 0 Å². The standard InChI is InChI=1S/C19H26N4O3/c24-19(10-15-1-6-25-7-2-15)23-5-8-26-14-16(12-23)9-17-13-22-4-3-20-18(22)11-21-17/h3-4,11,13,15-16H,1-2,5-10,12,14H2. The Hall–Kier alpha value is -1.99. The van der Waals surface area contributed by atoms with Crippen LogP contribution in [0.1, 0.15) is 25.0 Å². The minimum absolute atomic E-state index is 0.255. The van der Waals surface area contributed by atoms with Crippen molar-refractivity contribution >= 4 is 11.6 Å². The number of amides is 1. The lowest BCUT2D eigenvalue weighted by molar-refractivity contribution is -0.133. The predicted octanol–water partition coefficient (Wildman–Crippen LogP) is 1.56. The Kier molecular flexibility index (Phi) is 5.45. The molecule has 2 aromatic heterocycles. The zero-order valence-corrected chi connectivity index (χ0v) is 15.0. The van der Waals surface area contributed by atoms with Gasteiger partial charge in [0, 0.05) is 57.2 Å². The van der Waals surface area contributed by atoms with Gasteiger partial charge < -0.3 is 18.8 Å². The maximum absolute atomic E-state index is 12.8. The molecule has 2 aliphatic rings. The number of carbonyl (C=O) groups is 1. The molecule has 26 heavy (non-hydrogen) atoms. The minimum atomic E-state index is 0.255. The van der Waals surface area contributed by atoms with Crippen LogP contribution in [0.15, 0.2) is 24.8 Å². The fourth-order valence-corrected chi connectivity index (χ4v) is 3.83. The van der Waals surface area contributed by atoms with E-state index in [2.05, 4.69) is 9.97 Å². The summed E-state index contributed by atoms with van der Waals surface area (Å²) in [6, 6.07) is 0. The van der Waals surface area contributed by atoms with Gasteiger partial charge in [0.05, 0.1) is 25.1 Å². The molecule has 0 bridgehead atoms. The van der Waals surface area contributed by atoms with Crippen molar-refractivity contribution in [2.45, 2.75) is 25.7 Å². The molecule has 4 heterocycles. The topological polar surface area (TPSA) is 69.0 Å². The zero-order chi connectivity index (χ0) is 17.8. The summed E-state index contributed by atoms with van der Waals surface area (Å²) in [7, 11) is 0. The highest BCUT2D eigenvalue weighted by molar-refractivity contribution is 5.76. The first-order chi connectivity index (χ1) is 12.8. The Balaban J connectivity index is 1.37. The summed E-state index contributed by atoms with van der Waals surface area (Å²) in [5.41, 5.74) is 1.85. The van der Waals surface area contributed by atoms with E-state index in [4.69, 9.17) is 9.47 Å². The van der Waals surface area contributed by atoms with Gasteiger partial charge >= 0.3 is 0 Å². The van der Waals surface area contributed by atoms with Crippen molar-refractivity contribution in [3.05, 3.63) is 30.5 Å². The van der Waals surface area contributed by atoms with Crippen molar-refractivity contribution in [3.63, 3.8) is 0 Å². The predicted molar refractivity (Wildman–Crippen MR) is 95.7 cm³/mol. The van der Waals surface area contributed by atoms with Crippen molar-refractivity contribution in [2.24, 2.45) is 11.8 Å². The van der Waals surface area contributed by atoms with E-state index < -0.39 is 0 Å². The molecule has 0 saturated carbocycles. The highest BCUT2D eigenvalue weighted by Crippen LogP contribution is 2.21. The smallest absolute Gasteiger partial charge is 0.222 e. The van der Waals surface area contributed by atoms with E-state index in [1.807, 2.05) is 21.7 Å².